The van der Waals surface area contributed by atoms with Gasteiger partial charge in [-0.2, -0.15) is 13.2 Å². The first-order valence-electron chi connectivity index (χ1n) is 7.89. The van der Waals surface area contributed by atoms with Gasteiger partial charge < -0.3 is 5.32 Å². The number of nitrogens with one attached hydrogen (secondary N) is 1. The first kappa shape index (κ1) is 19.0. The van der Waals surface area contributed by atoms with Gasteiger partial charge in [-0.3, -0.25) is 9.59 Å². The summed E-state index contributed by atoms with van der Waals surface area (Å²) in [6, 6.07) is 9.28. The van der Waals surface area contributed by atoms with Gasteiger partial charge in [-0.15, -0.1) is 0 Å². The van der Waals surface area contributed by atoms with Crippen LogP contribution in [0.2, 0.25) is 0 Å². The van der Waals surface area contributed by atoms with Gasteiger partial charge in [-0.25, -0.2) is 4.90 Å². The van der Waals surface area contributed by atoms with Crippen LogP contribution in [0.1, 0.15) is 16.7 Å². The Morgan fingerprint density at radius 1 is 0.963 bits per heavy atom. The lowest BCUT2D eigenvalue weighted by Gasteiger charge is -2.17. The van der Waals surface area contributed by atoms with Gasteiger partial charge in [0.15, 0.2) is 0 Å². The highest BCUT2D eigenvalue weighted by atomic mass is 35.5. The standard InChI is InChI=1S/C19H14ClF3N2O2/c1-10-6-7-13(8-11(10)2)24-16-15(20)17(26)25(18(16)27)14-5-3-4-12(9-14)19(21,22)23/h3-9,24H,1-2H3. The summed E-state index contributed by atoms with van der Waals surface area (Å²) >= 11 is 6.00. The number of nitrogens with zero attached hydrogens (tertiary/aromatic N) is 1. The Bertz CT molecular complexity index is 983. The maximum atomic E-state index is 12.9. The van der Waals surface area contributed by atoms with Gasteiger partial charge in [0, 0.05) is 5.69 Å². The molecule has 3 rings (SSSR count). The Morgan fingerprint density at radius 3 is 2.30 bits per heavy atom. The van der Waals surface area contributed by atoms with E-state index in [2.05, 4.69) is 5.32 Å². The number of halogens is 4. The summed E-state index contributed by atoms with van der Waals surface area (Å²) in [5.41, 5.74) is 1.20. The largest absolute Gasteiger partial charge is 0.416 e. The van der Waals surface area contributed by atoms with Crippen LogP contribution < -0.4 is 10.2 Å². The molecule has 4 nitrogen and oxygen atoms in total. The predicted octanol–water partition coefficient (Wildman–Crippen LogP) is 4.76. The molecule has 1 aliphatic heterocycles. The quantitative estimate of drug-likeness (QED) is 0.764. The molecule has 27 heavy (non-hydrogen) atoms. The number of carbonyl (C=O) groups excluding carboxylic acids is 2. The van der Waals surface area contributed by atoms with Crippen LogP contribution in [0.15, 0.2) is 53.2 Å². The van der Waals surface area contributed by atoms with E-state index in [0.29, 0.717) is 10.6 Å². The first-order valence-corrected chi connectivity index (χ1v) is 8.27. The molecule has 1 aliphatic rings. The minimum absolute atomic E-state index is 0.178. The Kier molecular flexibility index (Phi) is 4.73. The lowest BCUT2D eigenvalue weighted by atomic mass is 10.1. The second-order valence-corrected chi connectivity index (χ2v) is 6.48. The lowest BCUT2D eigenvalue weighted by Crippen LogP contribution is -2.32. The maximum Gasteiger partial charge on any atom is 0.416 e. The van der Waals surface area contributed by atoms with Crippen molar-refractivity contribution in [2.45, 2.75) is 20.0 Å². The molecule has 0 atom stereocenters. The summed E-state index contributed by atoms with van der Waals surface area (Å²) in [6.45, 7) is 3.80. The Labute approximate surface area is 158 Å². The van der Waals surface area contributed by atoms with Gasteiger partial charge in [0.25, 0.3) is 11.8 Å². The van der Waals surface area contributed by atoms with Gasteiger partial charge in [0.1, 0.15) is 10.7 Å². The zero-order valence-corrected chi connectivity index (χ0v) is 15.1. The van der Waals surface area contributed by atoms with Gasteiger partial charge in [-0.05, 0) is 55.3 Å². The van der Waals surface area contributed by atoms with E-state index < -0.39 is 23.6 Å². The van der Waals surface area contributed by atoms with Crippen molar-refractivity contribution >= 4 is 34.8 Å². The summed E-state index contributed by atoms with van der Waals surface area (Å²) in [4.78, 5) is 25.7. The van der Waals surface area contributed by atoms with E-state index in [4.69, 9.17) is 11.6 Å². The van der Waals surface area contributed by atoms with Crippen molar-refractivity contribution in [3.05, 3.63) is 69.9 Å². The first-order chi connectivity index (χ1) is 12.6. The van der Waals surface area contributed by atoms with Crippen LogP contribution in [0.25, 0.3) is 0 Å². The van der Waals surface area contributed by atoms with Gasteiger partial charge in [0.2, 0.25) is 0 Å². The zero-order valence-electron chi connectivity index (χ0n) is 14.3. The smallest absolute Gasteiger partial charge is 0.350 e. The second kappa shape index (κ2) is 6.74. The van der Waals surface area contributed by atoms with Gasteiger partial charge in [0.05, 0.1) is 11.3 Å². The third-order valence-electron chi connectivity index (χ3n) is 4.24. The number of carbonyl (C=O) groups is 2. The number of benzene rings is 2. The molecule has 1 N–H and O–H groups in total. The SMILES string of the molecule is Cc1ccc(NC2=C(Cl)C(=O)N(c3cccc(C(F)(F)F)c3)C2=O)cc1C. The fraction of sp³-hybridized carbons (Fsp3) is 0.158. The molecule has 0 unspecified atom stereocenters. The molecule has 0 spiro atoms. The molecule has 1 heterocycles. The summed E-state index contributed by atoms with van der Waals surface area (Å²) in [6.07, 6.45) is -4.60. The van der Waals surface area contributed by atoms with Gasteiger partial charge >= 0.3 is 6.18 Å². The molecule has 8 heteroatoms. The van der Waals surface area contributed by atoms with Crippen LogP contribution in [-0.2, 0) is 15.8 Å². The molecule has 0 bridgehead atoms. The Balaban J connectivity index is 1.93. The van der Waals surface area contributed by atoms with Crippen LogP contribution in [0.4, 0.5) is 24.5 Å². The minimum atomic E-state index is -4.60. The summed E-state index contributed by atoms with van der Waals surface area (Å²) in [5, 5.41) is 2.42. The van der Waals surface area contributed by atoms with Crippen molar-refractivity contribution in [2.24, 2.45) is 0 Å². The number of imide groups is 1. The number of rotatable bonds is 3. The van der Waals surface area contributed by atoms with E-state index in [0.717, 1.165) is 29.3 Å². The van der Waals surface area contributed by atoms with Crippen molar-refractivity contribution in [3.8, 4) is 0 Å². The molecular weight excluding hydrogens is 381 g/mol. The summed E-state index contributed by atoms with van der Waals surface area (Å²) < 4.78 is 38.8. The average Bonchev–Trinajstić information content (AvgIpc) is 2.81. The molecule has 2 aromatic rings. The highest BCUT2D eigenvalue weighted by Crippen LogP contribution is 2.35. The van der Waals surface area contributed by atoms with Crippen molar-refractivity contribution < 1.29 is 22.8 Å². The molecule has 140 valence electrons. The van der Waals surface area contributed by atoms with E-state index in [-0.39, 0.29) is 16.4 Å². The predicted molar refractivity (Wildman–Crippen MR) is 96.4 cm³/mol. The van der Waals surface area contributed by atoms with Crippen LogP contribution >= 0.6 is 11.6 Å². The molecular formula is C19H14ClF3N2O2. The highest BCUT2D eigenvalue weighted by molar-refractivity contribution is 6.53. The van der Waals surface area contributed by atoms with Crippen molar-refractivity contribution in [3.63, 3.8) is 0 Å². The van der Waals surface area contributed by atoms with Crippen molar-refractivity contribution in [1.82, 2.24) is 0 Å². The molecule has 0 saturated heterocycles. The van der Waals surface area contributed by atoms with Crippen LogP contribution in [0.5, 0.6) is 0 Å². The number of hydrogen-bond acceptors (Lipinski definition) is 3. The molecule has 0 fully saturated rings. The minimum Gasteiger partial charge on any atom is -0.350 e. The van der Waals surface area contributed by atoms with Crippen molar-refractivity contribution in [2.75, 3.05) is 10.2 Å². The number of amides is 2. The third kappa shape index (κ3) is 3.55. The van der Waals surface area contributed by atoms with E-state index >= 15 is 0 Å². The number of aryl methyl sites for hydroxylation is 2. The molecule has 2 amide bonds. The van der Waals surface area contributed by atoms with Crippen LogP contribution in [0, 0.1) is 13.8 Å². The van der Waals surface area contributed by atoms with E-state index in [1.165, 1.54) is 6.07 Å². The Morgan fingerprint density at radius 2 is 1.67 bits per heavy atom. The summed E-state index contributed by atoms with van der Waals surface area (Å²) in [7, 11) is 0. The third-order valence-corrected chi connectivity index (χ3v) is 4.59. The lowest BCUT2D eigenvalue weighted by molar-refractivity contribution is -0.137. The number of hydrogen-bond donors (Lipinski definition) is 1. The second-order valence-electron chi connectivity index (χ2n) is 6.11. The van der Waals surface area contributed by atoms with Crippen molar-refractivity contribution in [1.29, 1.82) is 0 Å². The molecule has 0 aromatic heterocycles. The van der Waals surface area contributed by atoms with E-state index in [9.17, 15) is 22.8 Å². The van der Waals surface area contributed by atoms with Gasteiger partial charge in [-0.1, -0.05) is 23.7 Å². The normalized spacial score (nSPS) is 15.0. The monoisotopic (exact) mass is 394 g/mol. The molecule has 0 saturated carbocycles. The molecule has 2 aromatic carbocycles. The maximum absolute atomic E-state index is 12.9. The molecule has 0 radical (unpaired) electrons. The van der Waals surface area contributed by atoms with E-state index in [1.807, 2.05) is 19.9 Å². The van der Waals surface area contributed by atoms with E-state index in [1.54, 1.807) is 12.1 Å². The highest BCUT2D eigenvalue weighted by Gasteiger charge is 2.40. The fourth-order valence-corrected chi connectivity index (χ4v) is 2.84. The fourth-order valence-electron chi connectivity index (χ4n) is 2.63. The van der Waals surface area contributed by atoms with Crippen LogP contribution in [-0.4, -0.2) is 11.8 Å². The average molecular weight is 395 g/mol. The number of alkyl halides is 3. The topological polar surface area (TPSA) is 49.4 Å². The zero-order chi connectivity index (χ0) is 19.9. The number of anilines is 2. The Hall–Kier alpha value is -2.80. The summed E-state index contributed by atoms with van der Waals surface area (Å²) in [5.74, 6) is -1.70. The molecule has 0 aliphatic carbocycles. The van der Waals surface area contributed by atoms with Crippen LogP contribution in [0.3, 0.4) is 0 Å².